The summed E-state index contributed by atoms with van der Waals surface area (Å²) in [7, 11) is -0.763. The van der Waals surface area contributed by atoms with Gasteiger partial charge in [-0.25, -0.2) is 17.8 Å². The van der Waals surface area contributed by atoms with Gasteiger partial charge in [-0.1, -0.05) is 11.6 Å². The van der Waals surface area contributed by atoms with Gasteiger partial charge in [-0.2, -0.15) is 4.98 Å². The molecule has 0 atom stereocenters. The first-order chi connectivity index (χ1) is 24.9. The molecule has 5 heterocycles. The number of methoxy groups -OCH3 is 1. The van der Waals surface area contributed by atoms with Gasteiger partial charge >= 0.3 is 0 Å². The van der Waals surface area contributed by atoms with E-state index in [0.29, 0.717) is 36.3 Å². The highest BCUT2D eigenvalue weighted by Crippen LogP contribution is 2.42. The zero-order chi connectivity index (χ0) is 37.0. The Hall–Kier alpha value is -4.28. The fourth-order valence-electron chi connectivity index (χ4n) is 6.75. The largest absolute Gasteiger partial charge is 0.494 e. The maximum Gasteiger partial charge on any atom is 0.232 e. The Kier molecular flexibility index (Phi) is 11.7. The number of sulfonamides is 1. The van der Waals surface area contributed by atoms with Crippen LogP contribution in [0.2, 0.25) is 5.02 Å². The van der Waals surface area contributed by atoms with Crippen molar-refractivity contribution in [2.24, 2.45) is 0 Å². The molecule has 7 rings (SSSR count). The molecule has 0 radical (unpaired) electrons. The molecule has 2 N–H and O–H groups in total. The molecule has 0 spiro atoms. The Balaban J connectivity index is 1.28. The molecule has 2 aromatic carbocycles. The lowest BCUT2D eigenvalue weighted by molar-refractivity contribution is -0.130. The number of benzene rings is 2. The van der Waals surface area contributed by atoms with E-state index in [0.717, 1.165) is 87.3 Å². The summed E-state index contributed by atoms with van der Waals surface area (Å²) >= 11 is 6.49. The molecule has 2 fully saturated rings. The predicted octanol–water partition coefficient (Wildman–Crippen LogP) is 5.24. The van der Waals surface area contributed by atoms with Crippen molar-refractivity contribution in [1.82, 2.24) is 19.8 Å². The average molecular weight is 761 g/mol. The Morgan fingerprint density at radius 1 is 0.981 bits per heavy atom. The minimum atomic E-state index is -3.73. The quantitative estimate of drug-likeness (QED) is 0.352. The van der Waals surface area contributed by atoms with Crippen molar-refractivity contribution in [3.05, 3.63) is 41.3 Å². The molecule has 0 unspecified atom stereocenters. The molecule has 4 aliphatic heterocycles. The molecule has 3 aromatic rings. The third kappa shape index (κ3) is 8.67. The number of anilines is 6. The standard InChI is InChI=1S/C35H46ClFN8O6S/c1-23(46)43-12-14-44(15-13-43)24-8-10-45(11-9-24)30-21-32(49-3)28-19-33(30)51-17-7-5-6-16-50-31-20-29(42(2)52(4,47)48)27(18-26(31)37)39-34-25(36)22-38-35(40-28)41-34/h18-22,24H,5-17H2,1-4H3,(H2,38,39,40,41). The maximum absolute atomic E-state index is 15.3. The number of hydrogen-bond donors (Lipinski definition) is 2. The molecular formula is C35H46ClFN8O6S. The number of nitrogens with one attached hydrogen (secondary N) is 2. The van der Waals surface area contributed by atoms with Crippen LogP contribution >= 0.6 is 11.6 Å². The number of halogens is 2. The molecule has 0 aliphatic carbocycles. The molecule has 2 saturated heterocycles. The maximum atomic E-state index is 15.3. The van der Waals surface area contributed by atoms with Crippen LogP contribution in [0, 0.1) is 5.82 Å². The third-order valence-electron chi connectivity index (χ3n) is 9.80. The second-order valence-electron chi connectivity index (χ2n) is 13.2. The van der Waals surface area contributed by atoms with E-state index in [1.807, 2.05) is 17.0 Å². The predicted molar refractivity (Wildman–Crippen MR) is 200 cm³/mol. The van der Waals surface area contributed by atoms with Gasteiger partial charge in [0.05, 0.1) is 55.5 Å². The number of hydrogen-bond acceptors (Lipinski definition) is 12. The number of aromatic nitrogens is 2. The topological polar surface area (TPSA) is 142 Å². The summed E-state index contributed by atoms with van der Waals surface area (Å²) in [5.41, 5.74) is 1.75. The number of piperidine rings is 1. The van der Waals surface area contributed by atoms with E-state index in [-0.39, 0.29) is 46.4 Å². The minimum Gasteiger partial charge on any atom is -0.494 e. The molecular weight excluding hydrogens is 715 g/mol. The van der Waals surface area contributed by atoms with Crippen LogP contribution in [0.4, 0.5) is 38.9 Å². The van der Waals surface area contributed by atoms with Gasteiger partial charge in [0.1, 0.15) is 16.5 Å². The van der Waals surface area contributed by atoms with Crippen molar-refractivity contribution < 1.29 is 31.8 Å². The van der Waals surface area contributed by atoms with Crippen LogP contribution in [0.25, 0.3) is 0 Å². The Bertz CT molecular complexity index is 1870. The fourth-order valence-corrected chi connectivity index (χ4v) is 7.40. The highest BCUT2D eigenvalue weighted by molar-refractivity contribution is 7.92. The Morgan fingerprint density at radius 3 is 2.33 bits per heavy atom. The summed E-state index contributed by atoms with van der Waals surface area (Å²) in [6.45, 7) is 7.29. The fraction of sp³-hybridized carbons (Fsp3) is 0.514. The van der Waals surface area contributed by atoms with Crippen LogP contribution in [0.3, 0.4) is 0 Å². The van der Waals surface area contributed by atoms with Crippen LogP contribution in [0.15, 0.2) is 30.5 Å². The first kappa shape index (κ1) is 37.5. The number of carbonyl (C=O) groups excluding carboxylic acids is 1. The van der Waals surface area contributed by atoms with Gasteiger partial charge < -0.3 is 34.6 Å². The monoisotopic (exact) mass is 760 g/mol. The highest BCUT2D eigenvalue weighted by Gasteiger charge is 2.30. The number of fused-ring (bicyclic) bond motifs is 8. The first-order valence-electron chi connectivity index (χ1n) is 17.5. The number of rotatable bonds is 5. The van der Waals surface area contributed by atoms with Crippen molar-refractivity contribution in [1.29, 1.82) is 0 Å². The Morgan fingerprint density at radius 2 is 1.67 bits per heavy atom. The zero-order valence-corrected chi connectivity index (χ0v) is 31.5. The van der Waals surface area contributed by atoms with E-state index < -0.39 is 15.8 Å². The minimum absolute atomic E-state index is 0.0730. The summed E-state index contributed by atoms with van der Waals surface area (Å²) in [6, 6.07) is 6.81. The van der Waals surface area contributed by atoms with Crippen molar-refractivity contribution in [2.75, 3.05) is 92.7 Å². The van der Waals surface area contributed by atoms with Crippen molar-refractivity contribution in [3.63, 3.8) is 0 Å². The summed E-state index contributed by atoms with van der Waals surface area (Å²) in [6.07, 6.45) is 6.53. The van der Waals surface area contributed by atoms with Crippen LogP contribution in [0.1, 0.15) is 39.0 Å². The summed E-state index contributed by atoms with van der Waals surface area (Å²) in [4.78, 5) is 27.5. The third-order valence-corrected chi connectivity index (χ3v) is 11.3. The second kappa shape index (κ2) is 16.2. The van der Waals surface area contributed by atoms with E-state index in [1.165, 1.54) is 19.3 Å². The summed E-state index contributed by atoms with van der Waals surface area (Å²) in [5.74, 6) is 0.899. The van der Waals surface area contributed by atoms with Gasteiger partial charge in [0.15, 0.2) is 17.4 Å². The number of carbonyl (C=O) groups is 1. The van der Waals surface area contributed by atoms with Crippen LogP contribution in [-0.4, -0.2) is 113 Å². The van der Waals surface area contributed by atoms with Gasteiger partial charge in [-0.05, 0) is 32.1 Å². The van der Waals surface area contributed by atoms with E-state index in [9.17, 15) is 13.2 Å². The molecule has 4 aliphatic rings. The molecule has 52 heavy (non-hydrogen) atoms. The lowest BCUT2D eigenvalue weighted by Crippen LogP contribution is -2.54. The van der Waals surface area contributed by atoms with Crippen LogP contribution in [0.5, 0.6) is 17.2 Å². The zero-order valence-electron chi connectivity index (χ0n) is 30.0. The van der Waals surface area contributed by atoms with Gasteiger partial charge in [-0.3, -0.25) is 14.0 Å². The van der Waals surface area contributed by atoms with E-state index in [2.05, 4.69) is 30.4 Å². The molecule has 1 aromatic heterocycles. The molecule has 6 bridgehead atoms. The SMILES string of the molecule is COc1cc(N2CCC(N3CCN(C(C)=O)CC3)CC2)c2cc1Nc1ncc(Cl)c(n1)Nc1cc(F)c(cc1N(C)S(C)(=O)=O)OCCCCCO2. The lowest BCUT2D eigenvalue weighted by Gasteiger charge is -2.43. The van der Waals surface area contributed by atoms with E-state index in [1.54, 1.807) is 14.0 Å². The summed E-state index contributed by atoms with van der Waals surface area (Å²) < 4.78 is 59.5. The van der Waals surface area contributed by atoms with Gasteiger partial charge in [0, 0.05) is 83.5 Å². The van der Waals surface area contributed by atoms with Crippen LogP contribution in [-0.2, 0) is 14.8 Å². The normalized spacial score (nSPS) is 17.8. The highest BCUT2D eigenvalue weighted by atomic mass is 35.5. The molecule has 1 amide bonds. The lowest BCUT2D eigenvalue weighted by atomic mass is 10.0. The smallest absolute Gasteiger partial charge is 0.232 e. The van der Waals surface area contributed by atoms with E-state index >= 15 is 4.39 Å². The molecule has 282 valence electrons. The van der Waals surface area contributed by atoms with Gasteiger partial charge in [-0.15, -0.1) is 0 Å². The van der Waals surface area contributed by atoms with Crippen molar-refractivity contribution in [3.8, 4) is 17.2 Å². The van der Waals surface area contributed by atoms with Gasteiger partial charge in [0.25, 0.3) is 0 Å². The molecule has 17 heteroatoms. The van der Waals surface area contributed by atoms with E-state index in [4.69, 9.17) is 25.8 Å². The van der Waals surface area contributed by atoms with Crippen molar-refractivity contribution >= 4 is 62.0 Å². The number of amides is 1. The number of ether oxygens (including phenoxy) is 3. The second-order valence-corrected chi connectivity index (χ2v) is 15.6. The average Bonchev–Trinajstić information content (AvgIpc) is 3.12. The Labute approximate surface area is 309 Å². The van der Waals surface area contributed by atoms with Gasteiger partial charge in [0.2, 0.25) is 21.9 Å². The summed E-state index contributed by atoms with van der Waals surface area (Å²) in [5, 5.41) is 6.34. The first-order valence-corrected chi connectivity index (χ1v) is 19.7. The van der Waals surface area contributed by atoms with Crippen LogP contribution < -0.4 is 34.0 Å². The number of nitrogens with zero attached hydrogens (tertiary/aromatic N) is 6. The van der Waals surface area contributed by atoms with Crippen molar-refractivity contribution in [2.45, 2.75) is 45.1 Å². The number of piperazine rings is 1. The molecule has 14 nitrogen and oxygen atoms in total. The molecule has 0 saturated carbocycles.